The van der Waals surface area contributed by atoms with Crippen LogP contribution in [0, 0.1) is 6.92 Å². The van der Waals surface area contributed by atoms with Gasteiger partial charge in [0, 0.05) is 30.9 Å². The molecule has 3 rings (SSSR count). The molecule has 0 saturated carbocycles. The molecular weight excluding hydrogens is 374 g/mol. The predicted octanol–water partition coefficient (Wildman–Crippen LogP) is 4.71. The Morgan fingerprint density at radius 2 is 1.86 bits per heavy atom. The van der Waals surface area contributed by atoms with Crippen LogP contribution in [0.5, 0.6) is 0 Å². The van der Waals surface area contributed by atoms with Crippen molar-refractivity contribution in [1.82, 2.24) is 9.88 Å². The summed E-state index contributed by atoms with van der Waals surface area (Å²) in [6.07, 6.45) is 0.735. The molecular formula is C22H22ClN3O2. The van der Waals surface area contributed by atoms with Gasteiger partial charge in [0.25, 0.3) is 11.8 Å². The summed E-state index contributed by atoms with van der Waals surface area (Å²) in [7, 11) is 3.31. The van der Waals surface area contributed by atoms with Gasteiger partial charge in [0.1, 0.15) is 0 Å². The summed E-state index contributed by atoms with van der Waals surface area (Å²) in [5, 5.41) is 4.05. The van der Waals surface area contributed by atoms with Crippen LogP contribution < -0.4 is 5.32 Å². The van der Waals surface area contributed by atoms with E-state index in [2.05, 4.69) is 10.3 Å². The van der Waals surface area contributed by atoms with Gasteiger partial charge in [0.05, 0.1) is 21.7 Å². The Kier molecular flexibility index (Phi) is 5.66. The van der Waals surface area contributed by atoms with Gasteiger partial charge in [-0.05, 0) is 43.2 Å². The molecule has 0 bridgehead atoms. The SMILES string of the molecule is CCc1nc2ccccc2c(C(=O)Nc2ccc(Cl)c(C(=O)N(C)C)c2)c1C. The average Bonchev–Trinajstić information content (AvgIpc) is 2.68. The molecule has 144 valence electrons. The molecule has 5 nitrogen and oxygen atoms in total. The normalized spacial score (nSPS) is 10.8. The van der Waals surface area contributed by atoms with Crippen molar-refractivity contribution < 1.29 is 9.59 Å². The summed E-state index contributed by atoms with van der Waals surface area (Å²) >= 11 is 6.16. The van der Waals surface area contributed by atoms with E-state index in [-0.39, 0.29) is 11.8 Å². The minimum absolute atomic E-state index is 0.222. The maximum atomic E-state index is 13.1. The lowest BCUT2D eigenvalue weighted by Gasteiger charge is -2.15. The van der Waals surface area contributed by atoms with Crippen LogP contribution in [0.15, 0.2) is 42.5 Å². The second-order valence-electron chi connectivity index (χ2n) is 6.78. The fraction of sp³-hybridized carbons (Fsp3) is 0.227. The third-order valence-corrected chi connectivity index (χ3v) is 4.99. The van der Waals surface area contributed by atoms with Gasteiger partial charge in [-0.3, -0.25) is 14.6 Å². The van der Waals surface area contributed by atoms with Gasteiger partial charge >= 0.3 is 0 Å². The van der Waals surface area contributed by atoms with Crippen LogP contribution in [0.4, 0.5) is 5.69 Å². The van der Waals surface area contributed by atoms with Crippen LogP contribution in [0.25, 0.3) is 10.9 Å². The van der Waals surface area contributed by atoms with Gasteiger partial charge in [-0.1, -0.05) is 36.7 Å². The van der Waals surface area contributed by atoms with Crippen LogP contribution in [0.1, 0.15) is 38.9 Å². The monoisotopic (exact) mass is 395 g/mol. The summed E-state index contributed by atoms with van der Waals surface area (Å²) < 4.78 is 0. The number of aryl methyl sites for hydroxylation is 1. The second kappa shape index (κ2) is 7.98. The molecule has 0 aliphatic carbocycles. The molecule has 2 amide bonds. The Bertz CT molecular complexity index is 1080. The smallest absolute Gasteiger partial charge is 0.256 e. The summed E-state index contributed by atoms with van der Waals surface area (Å²) in [5.41, 5.74) is 3.99. The highest BCUT2D eigenvalue weighted by Gasteiger charge is 2.19. The number of halogens is 1. The fourth-order valence-corrected chi connectivity index (χ4v) is 3.39. The maximum Gasteiger partial charge on any atom is 0.256 e. The highest BCUT2D eigenvalue weighted by Crippen LogP contribution is 2.26. The average molecular weight is 396 g/mol. The summed E-state index contributed by atoms with van der Waals surface area (Å²) in [4.78, 5) is 31.6. The van der Waals surface area contributed by atoms with Crippen molar-refractivity contribution in [3.63, 3.8) is 0 Å². The lowest BCUT2D eigenvalue weighted by atomic mass is 9.99. The first-order valence-electron chi connectivity index (χ1n) is 9.04. The van der Waals surface area contributed by atoms with E-state index in [1.54, 1.807) is 32.3 Å². The van der Waals surface area contributed by atoms with E-state index in [0.717, 1.165) is 28.6 Å². The molecule has 0 aliphatic rings. The minimum Gasteiger partial charge on any atom is -0.345 e. The fourth-order valence-electron chi connectivity index (χ4n) is 3.20. The molecule has 1 N–H and O–H groups in total. The van der Waals surface area contributed by atoms with Crippen molar-refractivity contribution >= 4 is 40.0 Å². The van der Waals surface area contributed by atoms with E-state index in [1.165, 1.54) is 4.90 Å². The summed E-state index contributed by atoms with van der Waals surface area (Å²) in [5.74, 6) is -0.462. The van der Waals surface area contributed by atoms with Gasteiger partial charge in [-0.2, -0.15) is 0 Å². The van der Waals surface area contributed by atoms with Crippen LogP contribution in [-0.2, 0) is 6.42 Å². The van der Waals surface area contributed by atoms with E-state index in [1.807, 2.05) is 38.1 Å². The number of nitrogens with one attached hydrogen (secondary N) is 1. The third kappa shape index (κ3) is 3.71. The number of fused-ring (bicyclic) bond motifs is 1. The van der Waals surface area contributed by atoms with Crippen molar-refractivity contribution in [3.05, 3.63) is 69.9 Å². The van der Waals surface area contributed by atoms with Crippen molar-refractivity contribution in [1.29, 1.82) is 0 Å². The molecule has 28 heavy (non-hydrogen) atoms. The Balaban J connectivity index is 2.04. The van der Waals surface area contributed by atoms with Gasteiger partial charge in [-0.25, -0.2) is 0 Å². The lowest BCUT2D eigenvalue weighted by molar-refractivity contribution is 0.0827. The van der Waals surface area contributed by atoms with E-state index in [4.69, 9.17) is 11.6 Å². The molecule has 0 unspecified atom stereocenters. The van der Waals surface area contributed by atoms with Crippen molar-refractivity contribution in [2.75, 3.05) is 19.4 Å². The molecule has 2 aromatic carbocycles. The Labute approximate surface area is 169 Å². The lowest BCUT2D eigenvalue weighted by Crippen LogP contribution is -2.22. The van der Waals surface area contributed by atoms with Gasteiger partial charge < -0.3 is 10.2 Å². The van der Waals surface area contributed by atoms with Gasteiger partial charge in [0.15, 0.2) is 0 Å². The van der Waals surface area contributed by atoms with Gasteiger partial charge in [-0.15, -0.1) is 0 Å². The van der Waals surface area contributed by atoms with Gasteiger partial charge in [0.2, 0.25) is 0 Å². The zero-order valence-corrected chi connectivity index (χ0v) is 17.1. The number of benzene rings is 2. The number of aromatic nitrogens is 1. The van der Waals surface area contributed by atoms with Crippen molar-refractivity contribution in [2.24, 2.45) is 0 Å². The van der Waals surface area contributed by atoms with Crippen LogP contribution >= 0.6 is 11.6 Å². The van der Waals surface area contributed by atoms with Crippen LogP contribution in [0.2, 0.25) is 5.02 Å². The maximum absolute atomic E-state index is 13.1. The quantitative estimate of drug-likeness (QED) is 0.695. The molecule has 0 fully saturated rings. The standard InChI is InChI=1S/C22H22ClN3O2/c1-5-18-13(2)20(15-8-6-7-9-19(15)25-18)21(27)24-14-10-11-17(23)16(12-14)22(28)26(3)4/h6-12H,5H2,1-4H3,(H,24,27). The number of carbonyl (C=O) groups is 2. The molecule has 0 saturated heterocycles. The largest absolute Gasteiger partial charge is 0.345 e. The highest BCUT2D eigenvalue weighted by molar-refractivity contribution is 6.34. The molecule has 3 aromatic rings. The van der Waals surface area contributed by atoms with Crippen LogP contribution in [0.3, 0.4) is 0 Å². The third-order valence-electron chi connectivity index (χ3n) is 4.66. The molecule has 1 aromatic heterocycles. The van der Waals surface area contributed by atoms with E-state index in [0.29, 0.717) is 21.8 Å². The number of hydrogen-bond acceptors (Lipinski definition) is 3. The number of carbonyl (C=O) groups excluding carboxylic acids is 2. The first-order valence-corrected chi connectivity index (χ1v) is 9.42. The van der Waals surface area contributed by atoms with E-state index in [9.17, 15) is 9.59 Å². The Morgan fingerprint density at radius 3 is 2.54 bits per heavy atom. The van der Waals surface area contributed by atoms with Crippen LogP contribution in [-0.4, -0.2) is 35.8 Å². The molecule has 1 heterocycles. The molecule has 6 heteroatoms. The summed E-state index contributed by atoms with van der Waals surface area (Å²) in [6.45, 7) is 3.93. The zero-order valence-electron chi connectivity index (χ0n) is 16.3. The number of para-hydroxylation sites is 1. The highest BCUT2D eigenvalue weighted by atomic mass is 35.5. The second-order valence-corrected chi connectivity index (χ2v) is 7.18. The molecule has 0 aliphatic heterocycles. The number of pyridine rings is 1. The first-order chi connectivity index (χ1) is 13.3. The van der Waals surface area contributed by atoms with Crippen molar-refractivity contribution in [2.45, 2.75) is 20.3 Å². The zero-order chi connectivity index (χ0) is 20.4. The summed E-state index contributed by atoms with van der Waals surface area (Å²) in [6, 6.07) is 12.5. The number of nitrogens with zero attached hydrogens (tertiary/aromatic N) is 2. The van der Waals surface area contributed by atoms with Crippen molar-refractivity contribution in [3.8, 4) is 0 Å². The molecule has 0 atom stereocenters. The minimum atomic E-state index is -0.239. The Morgan fingerprint density at radius 1 is 1.14 bits per heavy atom. The number of hydrogen-bond donors (Lipinski definition) is 1. The first kappa shape index (κ1) is 19.8. The number of amides is 2. The number of rotatable bonds is 4. The number of anilines is 1. The van der Waals surface area contributed by atoms with E-state index < -0.39 is 0 Å². The topological polar surface area (TPSA) is 62.3 Å². The molecule has 0 radical (unpaired) electrons. The van der Waals surface area contributed by atoms with E-state index >= 15 is 0 Å². The predicted molar refractivity (Wildman–Crippen MR) is 113 cm³/mol. The molecule has 0 spiro atoms. The Hall–Kier alpha value is -2.92.